The van der Waals surface area contributed by atoms with Crippen LogP contribution >= 0.6 is 11.3 Å². The molecule has 3 fully saturated rings. The van der Waals surface area contributed by atoms with Gasteiger partial charge in [0, 0.05) is 48.7 Å². The second-order valence-corrected chi connectivity index (χ2v) is 21.1. The molecule has 1 amide bonds. The number of nitrogens with zero attached hydrogens (tertiary/aromatic N) is 5. The lowest BCUT2D eigenvalue weighted by Crippen LogP contribution is -2.61. The number of amides is 1. The second kappa shape index (κ2) is 24.3. The molecule has 0 saturated carbocycles. The Morgan fingerprint density at radius 1 is 1.01 bits per heavy atom. The highest BCUT2D eigenvalue weighted by Crippen LogP contribution is 2.42. The SMILES string of the molecule is CC[C@H]1OC(=O)[C@H](C)[C@@H](OC(=O)Cc2ccccn2)[C@H](C)[C@@H](O[C@@H]2O[C@H](C)C[C@H](N(C)C)[C@H]2OC)[C@@]2(C)C[C@@H](C)C(=NC(C)=O)[C@H](C)[C@@H](OC/C(=N\OCc3ccc(-c4cccc(N)n4)s3)CO2)[C@]1(C)O. The molecule has 14 atom stereocenters. The first kappa shape index (κ1) is 55.6. The number of cyclic esters (lactones) is 1. The number of aliphatic imine (C=N–C) groups is 1. The molecule has 0 aliphatic carbocycles. The van der Waals surface area contributed by atoms with E-state index >= 15 is 0 Å². The van der Waals surface area contributed by atoms with Crippen LogP contribution in [0.25, 0.3) is 10.6 Å². The molecule has 0 radical (unpaired) electrons. The van der Waals surface area contributed by atoms with Gasteiger partial charge in [-0.25, -0.2) is 9.98 Å². The molecule has 18 nitrogen and oxygen atoms in total. The zero-order chi connectivity index (χ0) is 51.8. The molecule has 3 aliphatic rings. The van der Waals surface area contributed by atoms with E-state index in [1.54, 1.807) is 58.3 Å². The Bertz CT molecular complexity index is 2330. The number of hydrogen-bond donors (Lipinski definition) is 2. The topological polar surface area (TPSA) is 225 Å². The van der Waals surface area contributed by atoms with E-state index in [1.165, 1.54) is 18.3 Å². The molecule has 19 heteroatoms. The van der Waals surface area contributed by atoms with Gasteiger partial charge in [-0.3, -0.25) is 19.4 Å². The Hall–Kier alpha value is -4.73. The minimum atomic E-state index is -1.88. The van der Waals surface area contributed by atoms with E-state index in [0.29, 0.717) is 29.4 Å². The number of carbonyl (C=O) groups is 3. The third-order valence-electron chi connectivity index (χ3n) is 13.9. The number of thiophene rings is 1. The predicted octanol–water partition coefficient (Wildman–Crippen LogP) is 6.46. The van der Waals surface area contributed by atoms with Crippen LogP contribution < -0.4 is 5.73 Å². The highest BCUT2D eigenvalue weighted by atomic mass is 32.1. The first-order chi connectivity index (χ1) is 33.6. The van der Waals surface area contributed by atoms with Crippen molar-refractivity contribution in [3.8, 4) is 10.6 Å². The number of anilines is 1. The number of aliphatic hydroxyl groups is 1. The zero-order valence-corrected chi connectivity index (χ0v) is 44.1. The van der Waals surface area contributed by atoms with E-state index in [4.69, 9.17) is 43.7 Å². The highest BCUT2D eigenvalue weighted by Gasteiger charge is 2.54. The van der Waals surface area contributed by atoms with E-state index in [-0.39, 0.29) is 51.2 Å². The number of hydrogen-bond acceptors (Lipinski definition) is 18. The number of ether oxygens (including phenoxy) is 7. The Morgan fingerprint density at radius 2 is 1.77 bits per heavy atom. The number of carbonyl (C=O) groups excluding carboxylic acids is 3. The maximum absolute atomic E-state index is 14.7. The molecule has 0 unspecified atom stereocenters. The summed E-state index contributed by atoms with van der Waals surface area (Å²) >= 11 is 1.48. The lowest BCUT2D eigenvalue weighted by Gasteiger charge is -2.49. The summed E-state index contributed by atoms with van der Waals surface area (Å²) in [5, 5.41) is 17.4. The van der Waals surface area contributed by atoms with Gasteiger partial charge in [-0.05, 0) is 103 Å². The van der Waals surface area contributed by atoms with Gasteiger partial charge in [0.15, 0.2) is 12.9 Å². The third-order valence-corrected chi connectivity index (χ3v) is 15.0. The number of rotatable bonds is 12. The molecule has 3 aliphatic heterocycles. The monoisotopic (exact) mass is 1010 g/mol. The van der Waals surface area contributed by atoms with Crippen LogP contribution in [0.1, 0.15) is 92.1 Å². The van der Waals surface area contributed by atoms with Gasteiger partial charge in [-0.2, -0.15) is 0 Å². The normalized spacial score (nSPS) is 34.5. The second-order valence-electron chi connectivity index (χ2n) is 19.9. The summed E-state index contributed by atoms with van der Waals surface area (Å²) in [4.78, 5) is 65.2. The largest absolute Gasteiger partial charge is 0.461 e. The molecule has 2 bridgehead atoms. The van der Waals surface area contributed by atoms with Gasteiger partial charge in [0.25, 0.3) is 0 Å². The molecule has 6 rings (SSSR count). The average molecular weight is 1010 g/mol. The fourth-order valence-corrected chi connectivity index (χ4v) is 11.3. The first-order valence-electron chi connectivity index (χ1n) is 24.5. The number of pyridine rings is 2. The van der Waals surface area contributed by atoms with E-state index in [0.717, 1.165) is 15.4 Å². The van der Waals surface area contributed by atoms with E-state index in [9.17, 15) is 19.5 Å². The number of methoxy groups -OCH3 is 1. The van der Waals surface area contributed by atoms with Crippen molar-refractivity contribution in [2.45, 2.75) is 155 Å². The van der Waals surface area contributed by atoms with Crippen molar-refractivity contribution < 1.29 is 57.5 Å². The van der Waals surface area contributed by atoms with Gasteiger partial charge in [-0.1, -0.05) is 45.0 Å². The highest BCUT2D eigenvalue weighted by molar-refractivity contribution is 7.15. The summed E-state index contributed by atoms with van der Waals surface area (Å²) in [6, 6.07) is 14.5. The van der Waals surface area contributed by atoms with Crippen molar-refractivity contribution in [1.29, 1.82) is 0 Å². The van der Waals surface area contributed by atoms with Crippen molar-refractivity contribution in [1.82, 2.24) is 14.9 Å². The summed E-state index contributed by atoms with van der Waals surface area (Å²) in [6.07, 6.45) is -3.95. The quantitative estimate of drug-likeness (QED) is 0.147. The number of fused-ring (bicyclic) bond motifs is 5. The minimum absolute atomic E-state index is 0.0977. The van der Waals surface area contributed by atoms with Crippen molar-refractivity contribution in [3.05, 3.63) is 65.3 Å². The maximum atomic E-state index is 14.7. The van der Waals surface area contributed by atoms with Gasteiger partial charge in [0.1, 0.15) is 35.4 Å². The molecule has 3 aromatic heterocycles. The molecule has 3 N–H and O–H groups in total. The minimum Gasteiger partial charge on any atom is -0.461 e. The Labute approximate surface area is 422 Å². The smallest absolute Gasteiger partial charge is 0.312 e. The third kappa shape index (κ3) is 13.7. The van der Waals surface area contributed by atoms with E-state index < -0.39 is 89.5 Å². The summed E-state index contributed by atoms with van der Waals surface area (Å²) in [7, 11) is 5.55. The molecule has 390 valence electrons. The Morgan fingerprint density at radius 3 is 2.44 bits per heavy atom. The van der Waals surface area contributed by atoms with E-state index in [1.807, 2.05) is 73.0 Å². The number of nitrogens with two attached hydrogens (primary N) is 1. The van der Waals surface area contributed by atoms with Crippen LogP contribution in [0, 0.1) is 23.7 Å². The lowest BCUT2D eigenvalue weighted by atomic mass is 9.73. The molecular weight excluding hydrogens is 933 g/mol. The first-order valence-corrected chi connectivity index (χ1v) is 25.3. The van der Waals surface area contributed by atoms with Gasteiger partial charge in [-0.15, -0.1) is 11.3 Å². The summed E-state index contributed by atoms with van der Waals surface area (Å²) in [5.41, 5.74) is 4.67. The molecule has 3 aromatic rings. The number of likely N-dealkylation sites (N-methyl/N-ethyl adjacent to an activating group) is 1. The van der Waals surface area contributed by atoms with Crippen molar-refractivity contribution in [2.75, 3.05) is 40.2 Å². The lowest BCUT2D eigenvalue weighted by molar-refractivity contribution is -0.306. The predicted molar refractivity (Wildman–Crippen MR) is 268 cm³/mol. The van der Waals surface area contributed by atoms with Crippen LogP contribution in [0.15, 0.2) is 64.9 Å². The maximum Gasteiger partial charge on any atom is 0.312 e. The van der Waals surface area contributed by atoms with Gasteiger partial charge in [0.2, 0.25) is 5.91 Å². The van der Waals surface area contributed by atoms with Crippen molar-refractivity contribution >= 4 is 46.4 Å². The van der Waals surface area contributed by atoms with Gasteiger partial charge >= 0.3 is 11.9 Å². The number of oxime groups is 1. The molecular formula is C52H74N6O12S. The zero-order valence-electron chi connectivity index (χ0n) is 43.2. The Kier molecular flexibility index (Phi) is 19.0. The molecule has 71 heavy (non-hydrogen) atoms. The average Bonchev–Trinajstić information content (AvgIpc) is 3.80. The van der Waals surface area contributed by atoms with Crippen LogP contribution in [0.5, 0.6) is 0 Å². The summed E-state index contributed by atoms with van der Waals surface area (Å²) in [6.45, 7) is 15.5. The number of aromatic nitrogens is 2. The molecule has 6 heterocycles. The van der Waals surface area contributed by atoms with Crippen LogP contribution in [-0.2, 0) is 65.4 Å². The summed E-state index contributed by atoms with van der Waals surface area (Å²) < 4.78 is 46.7. The van der Waals surface area contributed by atoms with Crippen LogP contribution in [0.2, 0.25) is 0 Å². The standard InChI is InChI=1S/C52H74N6O12S/c1-13-41-52(9,62)48-31(4)44(55-34(7)59)29(2)25-51(8,65-27-36(26-64-48)57-66-28-37-20-21-40(71-37)38-18-16-19-42(53)56-38)47(70-50-46(63-12)39(58(10)11)23-30(3)67-50)32(5)45(33(6)49(61)68-41)69-43(60)24-35-17-14-15-22-54-35/h14-22,29-33,39,41,45-48,50,62H,13,23-28H2,1-12H3,(H2,53,56)/b55-44?,57-36+/t29-,30-,31+,32+,33-,39+,41-,45+,46-,47-,48-,50+,51-,52-/m1/s1. The molecule has 0 spiro atoms. The van der Waals surface area contributed by atoms with E-state index in [2.05, 4.69) is 25.0 Å². The fourth-order valence-electron chi connectivity index (χ4n) is 10.4. The fraction of sp³-hybridized carbons (Fsp3) is 0.635. The van der Waals surface area contributed by atoms with Crippen molar-refractivity contribution in [3.63, 3.8) is 0 Å². The van der Waals surface area contributed by atoms with Gasteiger partial charge < -0.3 is 53.7 Å². The molecule has 3 saturated heterocycles. The summed E-state index contributed by atoms with van der Waals surface area (Å²) in [5.74, 6) is -4.61. The van der Waals surface area contributed by atoms with Crippen LogP contribution in [-0.4, -0.2) is 144 Å². The number of esters is 2. The Balaban J connectivity index is 1.52. The van der Waals surface area contributed by atoms with Crippen LogP contribution in [0.4, 0.5) is 5.82 Å². The van der Waals surface area contributed by atoms with Gasteiger partial charge in [0.05, 0.1) is 65.7 Å². The van der Waals surface area contributed by atoms with Crippen LogP contribution in [0.3, 0.4) is 0 Å². The van der Waals surface area contributed by atoms with Crippen molar-refractivity contribution in [2.24, 2.45) is 33.8 Å². The number of nitrogen functional groups attached to an aromatic ring is 1. The molecule has 0 aromatic carbocycles.